The lowest BCUT2D eigenvalue weighted by Gasteiger charge is -2.26. The fourth-order valence-electron chi connectivity index (χ4n) is 4.13. The molecule has 0 aliphatic carbocycles. The molecule has 174 valence electrons. The number of anilines is 1. The summed E-state index contributed by atoms with van der Waals surface area (Å²) in [7, 11) is 1.47. The van der Waals surface area contributed by atoms with Crippen LogP contribution in [0.15, 0.2) is 78.4 Å². The lowest BCUT2D eigenvalue weighted by molar-refractivity contribution is -0.132. The highest BCUT2D eigenvalue weighted by Gasteiger charge is 2.47. The van der Waals surface area contributed by atoms with Gasteiger partial charge in [-0.1, -0.05) is 74.8 Å². The number of halogens is 1. The molecule has 34 heavy (non-hydrogen) atoms. The zero-order valence-corrected chi connectivity index (χ0v) is 20.3. The molecule has 5 nitrogen and oxygen atoms in total. The molecule has 0 bridgehead atoms. The largest absolute Gasteiger partial charge is 0.507 e. The topological polar surface area (TPSA) is 66.8 Å². The van der Waals surface area contributed by atoms with Crippen LogP contribution in [-0.2, 0) is 15.0 Å². The van der Waals surface area contributed by atoms with E-state index in [-0.39, 0.29) is 16.7 Å². The van der Waals surface area contributed by atoms with Gasteiger partial charge in [0.25, 0.3) is 11.7 Å². The minimum absolute atomic E-state index is 0.0143. The number of nitrogens with zero attached hydrogens (tertiary/aromatic N) is 1. The van der Waals surface area contributed by atoms with Gasteiger partial charge >= 0.3 is 0 Å². The van der Waals surface area contributed by atoms with Crippen molar-refractivity contribution in [3.05, 3.63) is 100 Å². The van der Waals surface area contributed by atoms with Gasteiger partial charge in [0.15, 0.2) is 0 Å². The summed E-state index contributed by atoms with van der Waals surface area (Å²) in [5, 5.41) is 11.6. The van der Waals surface area contributed by atoms with E-state index in [9.17, 15) is 14.7 Å². The molecular weight excluding hydrogens is 450 g/mol. The Balaban J connectivity index is 1.90. The third-order valence-corrected chi connectivity index (χ3v) is 6.31. The van der Waals surface area contributed by atoms with Gasteiger partial charge in [-0.05, 0) is 46.9 Å². The maximum atomic E-state index is 13.3. The van der Waals surface area contributed by atoms with Crippen LogP contribution in [0.2, 0.25) is 5.02 Å². The fourth-order valence-corrected chi connectivity index (χ4v) is 4.33. The first-order valence-electron chi connectivity index (χ1n) is 10.9. The summed E-state index contributed by atoms with van der Waals surface area (Å²) < 4.78 is 5.26. The zero-order chi connectivity index (χ0) is 24.6. The summed E-state index contributed by atoms with van der Waals surface area (Å²) in [6.07, 6.45) is 0. The maximum Gasteiger partial charge on any atom is 0.300 e. The number of rotatable bonds is 4. The number of carbonyl (C=O) groups is 2. The van der Waals surface area contributed by atoms with Crippen molar-refractivity contribution in [1.29, 1.82) is 0 Å². The molecule has 1 aliphatic heterocycles. The number of aliphatic hydroxyl groups is 1. The molecule has 1 aliphatic rings. The number of ketones is 1. The second kappa shape index (κ2) is 8.99. The third-order valence-electron chi connectivity index (χ3n) is 6.00. The van der Waals surface area contributed by atoms with Crippen LogP contribution in [0.5, 0.6) is 5.75 Å². The molecule has 1 heterocycles. The molecule has 1 unspecified atom stereocenters. The second-order valence-electron chi connectivity index (χ2n) is 9.23. The van der Waals surface area contributed by atoms with Gasteiger partial charge in [-0.3, -0.25) is 14.5 Å². The smallest absolute Gasteiger partial charge is 0.300 e. The van der Waals surface area contributed by atoms with Crippen LogP contribution >= 0.6 is 11.6 Å². The van der Waals surface area contributed by atoms with Gasteiger partial charge in [0.05, 0.1) is 23.7 Å². The van der Waals surface area contributed by atoms with Crippen LogP contribution in [0, 0.1) is 0 Å². The van der Waals surface area contributed by atoms with Crippen LogP contribution in [-0.4, -0.2) is 23.9 Å². The quantitative estimate of drug-likeness (QED) is 0.274. The first-order chi connectivity index (χ1) is 16.1. The summed E-state index contributed by atoms with van der Waals surface area (Å²) in [6, 6.07) is 20.7. The molecule has 1 atom stereocenters. The Morgan fingerprint density at radius 2 is 1.62 bits per heavy atom. The second-order valence-corrected chi connectivity index (χ2v) is 9.63. The van der Waals surface area contributed by atoms with Crippen molar-refractivity contribution in [2.24, 2.45) is 0 Å². The zero-order valence-electron chi connectivity index (χ0n) is 19.5. The van der Waals surface area contributed by atoms with Crippen molar-refractivity contribution in [2.75, 3.05) is 12.0 Å². The van der Waals surface area contributed by atoms with Crippen molar-refractivity contribution >= 4 is 34.7 Å². The number of hydrogen-bond acceptors (Lipinski definition) is 4. The van der Waals surface area contributed by atoms with Gasteiger partial charge < -0.3 is 9.84 Å². The molecule has 6 heteroatoms. The van der Waals surface area contributed by atoms with Gasteiger partial charge in [-0.25, -0.2) is 0 Å². The standard InChI is InChI=1S/C28H26ClNO4/c1-28(2,3)19-11-13-20(14-12-19)30-24(17-8-6-5-7-9-17)23(26(32)27(30)33)25(31)18-10-15-21(29)22(16-18)34-4/h5-16,24,31H,1-4H3/b25-23-. The van der Waals surface area contributed by atoms with Crippen molar-refractivity contribution in [1.82, 2.24) is 0 Å². The molecule has 0 aromatic heterocycles. The van der Waals surface area contributed by atoms with Gasteiger partial charge in [0, 0.05) is 11.3 Å². The Morgan fingerprint density at radius 1 is 0.971 bits per heavy atom. The molecule has 1 saturated heterocycles. The van der Waals surface area contributed by atoms with Crippen LogP contribution in [0.25, 0.3) is 5.76 Å². The van der Waals surface area contributed by atoms with E-state index in [0.29, 0.717) is 27.6 Å². The monoisotopic (exact) mass is 475 g/mol. The summed E-state index contributed by atoms with van der Waals surface area (Å²) >= 11 is 6.13. The van der Waals surface area contributed by atoms with E-state index in [2.05, 4.69) is 20.8 Å². The number of benzene rings is 3. The number of Topliss-reactive ketones (excluding diaryl/α,β-unsaturated/α-hetero) is 1. The Morgan fingerprint density at radius 3 is 2.21 bits per heavy atom. The summed E-state index contributed by atoms with van der Waals surface area (Å²) in [5.41, 5.74) is 2.70. The Hall–Kier alpha value is -3.57. The normalized spacial score (nSPS) is 17.8. The van der Waals surface area contributed by atoms with Crippen LogP contribution in [0.3, 0.4) is 0 Å². The number of ether oxygens (including phenoxy) is 1. The molecule has 0 radical (unpaired) electrons. The first kappa shape index (κ1) is 23.6. The van der Waals surface area contributed by atoms with Crippen LogP contribution in [0.4, 0.5) is 5.69 Å². The highest BCUT2D eigenvalue weighted by atomic mass is 35.5. The number of hydrogen-bond donors (Lipinski definition) is 1. The van der Waals surface area contributed by atoms with Crippen LogP contribution in [0.1, 0.15) is 43.5 Å². The van der Waals surface area contributed by atoms with E-state index in [4.69, 9.17) is 16.3 Å². The molecule has 3 aromatic rings. The number of methoxy groups -OCH3 is 1. The lowest BCUT2D eigenvalue weighted by atomic mass is 9.87. The van der Waals surface area contributed by atoms with Crippen molar-refractivity contribution in [2.45, 2.75) is 32.2 Å². The van der Waals surface area contributed by atoms with E-state index in [0.717, 1.165) is 5.56 Å². The first-order valence-corrected chi connectivity index (χ1v) is 11.3. The fraction of sp³-hybridized carbons (Fsp3) is 0.214. The molecule has 0 spiro atoms. The SMILES string of the molecule is COc1cc(/C(O)=C2/C(=O)C(=O)N(c3ccc(C(C)(C)C)cc3)C2c2ccccc2)ccc1Cl. The molecule has 4 rings (SSSR count). The average Bonchev–Trinajstić information content (AvgIpc) is 3.09. The molecular formula is C28H26ClNO4. The molecule has 1 amide bonds. The summed E-state index contributed by atoms with van der Waals surface area (Å²) in [6.45, 7) is 6.33. The molecule has 3 aromatic carbocycles. The van der Waals surface area contributed by atoms with Gasteiger partial charge in [0.2, 0.25) is 0 Å². The Kier molecular flexibility index (Phi) is 6.24. The summed E-state index contributed by atoms with van der Waals surface area (Å²) in [5.74, 6) is -1.37. The highest BCUT2D eigenvalue weighted by Crippen LogP contribution is 2.43. The molecule has 1 N–H and O–H groups in total. The van der Waals surface area contributed by atoms with E-state index in [1.165, 1.54) is 12.0 Å². The molecule has 1 fully saturated rings. The van der Waals surface area contributed by atoms with Crippen molar-refractivity contribution in [3.8, 4) is 5.75 Å². The van der Waals surface area contributed by atoms with Gasteiger partial charge in [-0.2, -0.15) is 0 Å². The van der Waals surface area contributed by atoms with Crippen molar-refractivity contribution < 1.29 is 19.4 Å². The predicted molar refractivity (Wildman–Crippen MR) is 134 cm³/mol. The van der Waals surface area contributed by atoms with E-state index in [1.807, 2.05) is 54.6 Å². The highest BCUT2D eigenvalue weighted by molar-refractivity contribution is 6.51. The number of carbonyl (C=O) groups excluding carboxylic acids is 2. The van der Waals surface area contributed by atoms with Crippen molar-refractivity contribution in [3.63, 3.8) is 0 Å². The third kappa shape index (κ3) is 4.19. The molecule has 0 saturated carbocycles. The number of aliphatic hydroxyl groups excluding tert-OH is 1. The number of amides is 1. The summed E-state index contributed by atoms with van der Waals surface area (Å²) in [4.78, 5) is 28.0. The van der Waals surface area contributed by atoms with Gasteiger partial charge in [-0.15, -0.1) is 0 Å². The van der Waals surface area contributed by atoms with Crippen LogP contribution < -0.4 is 9.64 Å². The predicted octanol–water partition coefficient (Wildman–Crippen LogP) is 6.27. The maximum absolute atomic E-state index is 13.3. The van der Waals surface area contributed by atoms with E-state index >= 15 is 0 Å². The van der Waals surface area contributed by atoms with E-state index in [1.54, 1.807) is 18.2 Å². The van der Waals surface area contributed by atoms with Gasteiger partial charge in [0.1, 0.15) is 11.5 Å². The Labute approximate surface area is 204 Å². The lowest BCUT2D eigenvalue weighted by Crippen LogP contribution is -2.29. The minimum atomic E-state index is -0.789. The average molecular weight is 476 g/mol. The minimum Gasteiger partial charge on any atom is -0.507 e. The Bertz CT molecular complexity index is 1270. The van der Waals surface area contributed by atoms with E-state index < -0.39 is 17.7 Å².